The van der Waals surface area contributed by atoms with Gasteiger partial charge in [-0.1, -0.05) is 27.6 Å². The Bertz CT molecular complexity index is 531. The molecule has 0 heterocycles. The first-order valence-electron chi connectivity index (χ1n) is 7.17. The van der Waals surface area contributed by atoms with Crippen molar-refractivity contribution in [1.29, 1.82) is 0 Å². The molecule has 0 bridgehead atoms. The number of benzene rings is 1. The predicted octanol–water partition coefficient (Wildman–Crippen LogP) is 3.97. The molecule has 1 aromatic carbocycles. The van der Waals surface area contributed by atoms with E-state index in [1.165, 1.54) is 30.5 Å². The number of nitrogens with one attached hydrogen (secondary N) is 1. The lowest BCUT2D eigenvalue weighted by Gasteiger charge is -2.13. The minimum atomic E-state index is -0.482. The Kier molecular flexibility index (Phi) is 6.23. The highest BCUT2D eigenvalue weighted by Crippen LogP contribution is 2.21. The lowest BCUT2D eigenvalue weighted by atomic mass is 9.97. The van der Waals surface area contributed by atoms with Gasteiger partial charge in [0.25, 0.3) is 5.91 Å². The van der Waals surface area contributed by atoms with Crippen LogP contribution in [0.15, 0.2) is 34.3 Å². The third-order valence-corrected chi connectivity index (χ3v) is 3.90. The minimum Gasteiger partial charge on any atom is -0.481 e. The van der Waals surface area contributed by atoms with Crippen LogP contribution < -0.4 is 10.1 Å². The van der Waals surface area contributed by atoms with E-state index in [9.17, 15) is 9.18 Å². The number of amides is 1. The highest BCUT2D eigenvalue weighted by molar-refractivity contribution is 9.10. The lowest BCUT2D eigenvalue weighted by molar-refractivity contribution is -0.123. The standard InChI is InChI=1S/C16H19BrFNO2/c17-13-6-7-15(14(18)10-13)21-11-16(20)19-9-8-12-4-2-1-3-5-12/h4,6-7,10H,1-3,5,8-9,11H2,(H,19,20). The Morgan fingerprint density at radius 2 is 2.24 bits per heavy atom. The van der Waals surface area contributed by atoms with E-state index in [2.05, 4.69) is 27.3 Å². The second-order valence-electron chi connectivity index (χ2n) is 5.07. The summed E-state index contributed by atoms with van der Waals surface area (Å²) in [5.41, 5.74) is 1.42. The number of allylic oxidation sites excluding steroid dienone is 1. The molecule has 0 fully saturated rings. The molecule has 0 aliphatic heterocycles. The van der Waals surface area contributed by atoms with Crippen LogP contribution in [0.5, 0.6) is 5.75 Å². The van der Waals surface area contributed by atoms with Crippen LogP contribution in [0.1, 0.15) is 32.1 Å². The second kappa shape index (κ2) is 8.17. The van der Waals surface area contributed by atoms with E-state index >= 15 is 0 Å². The fourth-order valence-corrected chi connectivity index (χ4v) is 2.61. The molecule has 0 radical (unpaired) electrons. The van der Waals surface area contributed by atoms with E-state index < -0.39 is 5.82 Å². The molecule has 1 amide bonds. The summed E-state index contributed by atoms with van der Waals surface area (Å²) < 4.78 is 19.3. The van der Waals surface area contributed by atoms with Crippen molar-refractivity contribution in [2.24, 2.45) is 0 Å². The van der Waals surface area contributed by atoms with Crippen molar-refractivity contribution >= 4 is 21.8 Å². The molecule has 1 aliphatic rings. The highest BCUT2D eigenvalue weighted by atomic mass is 79.9. The molecule has 1 aliphatic carbocycles. The van der Waals surface area contributed by atoms with E-state index in [1.807, 2.05) is 0 Å². The molecule has 2 rings (SSSR count). The van der Waals surface area contributed by atoms with Crippen molar-refractivity contribution in [3.63, 3.8) is 0 Å². The molecule has 0 spiro atoms. The number of ether oxygens (including phenoxy) is 1. The summed E-state index contributed by atoms with van der Waals surface area (Å²) in [4.78, 5) is 11.6. The highest BCUT2D eigenvalue weighted by Gasteiger charge is 2.08. The zero-order valence-electron chi connectivity index (χ0n) is 11.8. The van der Waals surface area contributed by atoms with Crippen LogP contribution >= 0.6 is 15.9 Å². The van der Waals surface area contributed by atoms with Crippen molar-refractivity contribution in [3.05, 3.63) is 40.1 Å². The topological polar surface area (TPSA) is 38.3 Å². The molecule has 0 saturated heterocycles. The van der Waals surface area contributed by atoms with Gasteiger partial charge >= 0.3 is 0 Å². The van der Waals surface area contributed by atoms with E-state index in [1.54, 1.807) is 6.07 Å². The van der Waals surface area contributed by atoms with Gasteiger partial charge in [0.2, 0.25) is 0 Å². The smallest absolute Gasteiger partial charge is 0.257 e. The monoisotopic (exact) mass is 355 g/mol. The summed E-state index contributed by atoms with van der Waals surface area (Å²) in [5, 5.41) is 2.79. The predicted molar refractivity (Wildman–Crippen MR) is 83.8 cm³/mol. The molecular weight excluding hydrogens is 337 g/mol. The second-order valence-corrected chi connectivity index (χ2v) is 5.99. The molecule has 0 atom stereocenters. The molecule has 3 nitrogen and oxygen atoms in total. The van der Waals surface area contributed by atoms with Crippen molar-refractivity contribution < 1.29 is 13.9 Å². The van der Waals surface area contributed by atoms with Gasteiger partial charge in [0, 0.05) is 11.0 Å². The normalized spacial score (nSPS) is 14.5. The van der Waals surface area contributed by atoms with E-state index in [-0.39, 0.29) is 18.3 Å². The van der Waals surface area contributed by atoms with Crippen molar-refractivity contribution in [1.82, 2.24) is 5.32 Å². The molecule has 114 valence electrons. The van der Waals surface area contributed by atoms with Crippen LogP contribution in [-0.4, -0.2) is 19.1 Å². The molecule has 0 saturated carbocycles. The summed E-state index contributed by atoms with van der Waals surface area (Å²) in [7, 11) is 0. The summed E-state index contributed by atoms with van der Waals surface area (Å²) in [6.45, 7) is 0.439. The largest absolute Gasteiger partial charge is 0.481 e. The fourth-order valence-electron chi connectivity index (χ4n) is 2.28. The fraction of sp³-hybridized carbons (Fsp3) is 0.438. The van der Waals surface area contributed by atoms with Crippen LogP contribution in [0, 0.1) is 5.82 Å². The van der Waals surface area contributed by atoms with Gasteiger partial charge in [0.1, 0.15) is 0 Å². The first-order valence-corrected chi connectivity index (χ1v) is 7.97. The molecular formula is C16H19BrFNO2. The van der Waals surface area contributed by atoms with Gasteiger partial charge in [0.05, 0.1) is 0 Å². The lowest BCUT2D eigenvalue weighted by Crippen LogP contribution is -2.30. The van der Waals surface area contributed by atoms with Crippen LogP contribution in [0.2, 0.25) is 0 Å². The quantitative estimate of drug-likeness (QED) is 0.784. The van der Waals surface area contributed by atoms with Gasteiger partial charge in [0.15, 0.2) is 18.2 Å². The summed E-state index contributed by atoms with van der Waals surface area (Å²) in [6.07, 6.45) is 7.95. The summed E-state index contributed by atoms with van der Waals surface area (Å²) in [5.74, 6) is -0.624. The number of carbonyl (C=O) groups excluding carboxylic acids is 1. The number of rotatable bonds is 6. The van der Waals surface area contributed by atoms with Gasteiger partial charge < -0.3 is 10.1 Å². The number of halogens is 2. The summed E-state index contributed by atoms with van der Waals surface area (Å²) >= 11 is 3.17. The molecule has 0 aromatic heterocycles. The van der Waals surface area contributed by atoms with E-state index in [4.69, 9.17) is 4.74 Å². The van der Waals surface area contributed by atoms with Gasteiger partial charge in [-0.05, 0) is 50.3 Å². The third kappa shape index (κ3) is 5.50. The van der Waals surface area contributed by atoms with Gasteiger partial charge in [-0.2, -0.15) is 0 Å². The molecule has 0 unspecified atom stereocenters. The van der Waals surface area contributed by atoms with Crippen LogP contribution in [0.25, 0.3) is 0 Å². The van der Waals surface area contributed by atoms with Gasteiger partial charge in [-0.15, -0.1) is 0 Å². The average molecular weight is 356 g/mol. The Hall–Kier alpha value is -1.36. The van der Waals surface area contributed by atoms with Crippen LogP contribution in [-0.2, 0) is 4.79 Å². The molecule has 1 N–H and O–H groups in total. The van der Waals surface area contributed by atoms with Crippen molar-refractivity contribution in [2.75, 3.05) is 13.2 Å². The Balaban J connectivity index is 1.68. The maximum absolute atomic E-state index is 13.5. The molecule has 1 aromatic rings. The maximum atomic E-state index is 13.5. The Morgan fingerprint density at radius 1 is 1.38 bits per heavy atom. The van der Waals surface area contributed by atoms with Gasteiger partial charge in [-0.25, -0.2) is 4.39 Å². The molecule has 21 heavy (non-hydrogen) atoms. The minimum absolute atomic E-state index is 0.0864. The molecule has 5 heteroatoms. The van der Waals surface area contributed by atoms with Crippen molar-refractivity contribution in [2.45, 2.75) is 32.1 Å². The SMILES string of the molecule is O=C(COc1ccc(Br)cc1F)NCCC1=CCCCC1. The summed E-state index contributed by atoms with van der Waals surface area (Å²) in [6, 6.07) is 4.48. The maximum Gasteiger partial charge on any atom is 0.257 e. The number of hydrogen-bond donors (Lipinski definition) is 1. The third-order valence-electron chi connectivity index (χ3n) is 3.41. The first kappa shape index (κ1) is 16.0. The van der Waals surface area contributed by atoms with Gasteiger partial charge in [-0.3, -0.25) is 4.79 Å². The number of hydrogen-bond acceptors (Lipinski definition) is 2. The van der Waals surface area contributed by atoms with Crippen LogP contribution in [0.4, 0.5) is 4.39 Å². The van der Waals surface area contributed by atoms with E-state index in [0.29, 0.717) is 11.0 Å². The first-order chi connectivity index (χ1) is 10.1. The van der Waals surface area contributed by atoms with Crippen LogP contribution in [0.3, 0.4) is 0 Å². The zero-order chi connectivity index (χ0) is 15.1. The number of carbonyl (C=O) groups is 1. The van der Waals surface area contributed by atoms with E-state index in [0.717, 1.165) is 19.3 Å². The van der Waals surface area contributed by atoms with Crippen molar-refractivity contribution in [3.8, 4) is 5.75 Å². The zero-order valence-corrected chi connectivity index (χ0v) is 13.4. The Morgan fingerprint density at radius 3 is 2.95 bits per heavy atom. The Labute approximate surface area is 132 Å². The average Bonchev–Trinajstić information content (AvgIpc) is 2.47.